The van der Waals surface area contributed by atoms with Crippen molar-refractivity contribution in [1.82, 2.24) is 14.6 Å². The van der Waals surface area contributed by atoms with Gasteiger partial charge >= 0.3 is 35.5 Å². The zero-order chi connectivity index (χ0) is 23.3. The summed E-state index contributed by atoms with van der Waals surface area (Å²) in [7, 11) is -4.06. The van der Waals surface area contributed by atoms with Crippen molar-refractivity contribution in [3.05, 3.63) is 11.1 Å². The molecular formula is C14H15ClN5NaO9S2. The topological polar surface area (TPSA) is 196 Å². The first kappa shape index (κ1) is 28.2. The number of rotatable bonds is 9. The van der Waals surface area contributed by atoms with E-state index in [1.54, 1.807) is 0 Å². The molecular weight excluding hydrogens is 505 g/mol. The second-order valence-corrected chi connectivity index (χ2v) is 8.13. The fourth-order valence-corrected chi connectivity index (χ4v) is 4.04. The fourth-order valence-electron chi connectivity index (χ4n) is 2.42. The van der Waals surface area contributed by atoms with Gasteiger partial charge in [-0.05, 0) is 0 Å². The molecule has 32 heavy (non-hydrogen) atoms. The zero-order valence-corrected chi connectivity index (χ0v) is 21.2. The number of thiazole rings is 1. The minimum atomic E-state index is -5.20. The number of halogens is 1. The van der Waals surface area contributed by atoms with E-state index in [4.69, 9.17) is 11.6 Å². The maximum atomic E-state index is 12.6. The summed E-state index contributed by atoms with van der Waals surface area (Å²) in [6.45, 7) is 0.395. The number of β-lactam (4-membered cyclic amide) rings is 1. The summed E-state index contributed by atoms with van der Waals surface area (Å²) in [6, 6.07) is -2.94. The molecule has 1 saturated heterocycles. The van der Waals surface area contributed by atoms with Crippen LogP contribution in [-0.2, 0) is 39.1 Å². The number of carbonyl (C=O) groups excluding carboxylic acids is 4. The van der Waals surface area contributed by atoms with Crippen LogP contribution in [-0.4, -0.2) is 83.3 Å². The Kier molecular flexibility index (Phi) is 10.5. The molecule has 0 unspecified atom stereocenters. The Balaban J connectivity index is 0.00000512. The Morgan fingerprint density at radius 2 is 2.06 bits per heavy atom. The Hall–Kier alpha value is -1.82. The second-order valence-electron chi connectivity index (χ2n) is 5.76. The minimum absolute atomic E-state index is 0. The van der Waals surface area contributed by atoms with Gasteiger partial charge in [0.15, 0.2) is 21.1 Å². The molecule has 0 aromatic carbocycles. The monoisotopic (exact) mass is 519 g/mol. The molecule has 0 spiro atoms. The summed E-state index contributed by atoms with van der Waals surface area (Å²) < 4.78 is 38.5. The van der Waals surface area contributed by atoms with Crippen molar-refractivity contribution < 1.29 is 71.3 Å². The van der Waals surface area contributed by atoms with Gasteiger partial charge in [-0.3, -0.25) is 19.2 Å². The summed E-state index contributed by atoms with van der Waals surface area (Å²) >= 11 is 6.34. The van der Waals surface area contributed by atoms with Gasteiger partial charge in [-0.25, -0.2) is 17.7 Å². The van der Waals surface area contributed by atoms with E-state index in [2.05, 4.69) is 30.3 Å². The number of anilines is 1. The van der Waals surface area contributed by atoms with Crippen molar-refractivity contribution in [2.75, 3.05) is 24.9 Å². The molecule has 1 aliphatic heterocycles. The average Bonchev–Trinajstić information content (AvgIpc) is 3.13. The Morgan fingerprint density at radius 1 is 1.41 bits per heavy atom. The van der Waals surface area contributed by atoms with Crippen LogP contribution in [0.25, 0.3) is 0 Å². The number of carbonyl (C=O) groups is 4. The van der Waals surface area contributed by atoms with Gasteiger partial charge in [0, 0.05) is 12.3 Å². The van der Waals surface area contributed by atoms with Crippen molar-refractivity contribution in [2.45, 2.75) is 19.0 Å². The molecule has 0 saturated carbocycles. The molecule has 2 atom stereocenters. The van der Waals surface area contributed by atoms with Crippen LogP contribution < -0.4 is 40.2 Å². The first-order chi connectivity index (χ1) is 14.5. The number of amides is 3. The fraction of sp³-hybridized carbons (Fsp3) is 0.429. The van der Waals surface area contributed by atoms with E-state index < -0.39 is 58.4 Å². The van der Waals surface area contributed by atoms with Gasteiger partial charge in [0.1, 0.15) is 37.4 Å². The van der Waals surface area contributed by atoms with Gasteiger partial charge in [-0.2, -0.15) is 0 Å². The SMILES string of the molecule is CON=C(C(=O)N[C@@H]1C(=O)N(S(=O)(=O)[O-])[C@@H]1COC(C)=O)c1csc(NC(=O)CCl)n1.[Na+]. The van der Waals surface area contributed by atoms with Crippen molar-refractivity contribution in [3.63, 3.8) is 0 Å². The largest absolute Gasteiger partial charge is 1.00 e. The quantitative estimate of drug-likeness (QED) is 0.0609. The number of hydrogen-bond acceptors (Lipinski definition) is 12. The Labute approximate surface area is 212 Å². The van der Waals surface area contributed by atoms with E-state index in [0.717, 1.165) is 25.4 Å². The van der Waals surface area contributed by atoms with Crippen molar-refractivity contribution in [3.8, 4) is 0 Å². The third-order valence-electron chi connectivity index (χ3n) is 3.67. The average molecular weight is 520 g/mol. The van der Waals surface area contributed by atoms with Crippen LogP contribution in [0.5, 0.6) is 0 Å². The number of oxime groups is 1. The van der Waals surface area contributed by atoms with Gasteiger partial charge in [0.05, 0.1) is 0 Å². The number of nitrogens with zero attached hydrogens (tertiary/aromatic N) is 3. The molecule has 0 bridgehead atoms. The first-order valence-electron chi connectivity index (χ1n) is 8.15. The normalized spacial score (nSPS) is 18.2. The van der Waals surface area contributed by atoms with E-state index in [-0.39, 0.29) is 50.6 Å². The summed E-state index contributed by atoms with van der Waals surface area (Å²) in [5.74, 6) is -3.86. The van der Waals surface area contributed by atoms with E-state index in [1.165, 1.54) is 5.38 Å². The van der Waals surface area contributed by atoms with Crippen LogP contribution in [0.4, 0.5) is 5.13 Å². The van der Waals surface area contributed by atoms with Crippen LogP contribution in [0.3, 0.4) is 0 Å². The van der Waals surface area contributed by atoms with Gasteiger partial charge in [0.25, 0.3) is 11.8 Å². The number of hydrogen-bond donors (Lipinski definition) is 2. The van der Waals surface area contributed by atoms with Crippen molar-refractivity contribution in [2.24, 2.45) is 5.16 Å². The maximum Gasteiger partial charge on any atom is 1.00 e. The number of esters is 1. The molecule has 0 aliphatic carbocycles. The van der Waals surface area contributed by atoms with E-state index in [0.29, 0.717) is 0 Å². The predicted molar refractivity (Wildman–Crippen MR) is 104 cm³/mol. The Bertz CT molecular complexity index is 1030. The minimum Gasteiger partial charge on any atom is -0.731 e. The summed E-state index contributed by atoms with van der Waals surface area (Å²) in [4.78, 5) is 55.7. The number of aromatic nitrogens is 1. The molecule has 18 heteroatoms. The van der Waals surface area contributed by atoms with Crippen LogP contribution >= 0.6 is 22.9 Å². The van der Waals surface area contributed by atoms with Crippen molar-refractivity contribution in [1.29, 1.82) is 0 Å². The van der Waals surface area contributed by atoms with Gasteiger partial charge in [-0.15, -0.1) is 22.9 Å². The summed E-state index contributed by atoms with van der Waals surface area (Å²) in [5.41, 5.74) is -0.446. The third-order valence-corrected chi connectivity index (χ3v) is 5.60. The zero-order valence-electron chi connectivity index (χ0n) is 16.9. The molecule has 0 radical (unpaired) electrons. The molecule has 1 aromatic heterocycles. The number of nitrogens with one attached hydrogen (secondary N) is 2. The molecule has 1 aromatic rings. The number of ether oxygens (including phenoxy) is 1. The Morgan fingerprint density at radius 3 is 2.59 bits per heavy atom. The first-order valence-corrected chi connectivity index (χ1v) is 10.9. The second kappa shape index (κ2) is 11.9. The summed E-state index contributed by atoms with van der Waals surface area (Å²) in [5, 5.41) is 9.57. The van der Waals surface area contributed by atoms with Crippen LogP contribution in [0.1, 0.15) is 12.6 Å². The van der Waals surface area contributed by atoms with Gasteiger partial charge < -0.3 is 24.8 Å². The third kappa shape index (κ3) is 6.84. The molecule has 1 fully saturated rings. The van der Waals surface area contributed by atoms with Crippen LogP contribution in [0, 0.1) is 0 Å². The smallest absolute Gasteiger partial charge is 0.731 e. The molecule has 2 rings (SSSR count). The van der Waals surface area contributed by atoms with Crippen LogP contribution in [0.2, 0.25) is 0 Å². The van der Waals surface area contributed by atoms with Crippen LogP contribution in [0.15, 0.2) is 10.5 Å². The maximum absolute atomic E-state index is 12.6. The van der Waals surface area contributed by atoms with Gasteiger partial charge in [0.2, 0.25) is 5.91 Å². The van der Waals surface area contributed by atoms with E-state index >= 15 is 0 Å². The molecule has 3 amide bonds. The molecule has 14 nitrogen and oxygen atoms in total. The van der Waals surface area contributed by atoms with E-state index in [9.17, 15) is 32.1 Å². The predicted octanol–water partition coefficient (Wildman–Crippen LogP) is -4.61. The molecule has 1 aliphatic rings. The molecule has 170 valence electrons. The van der Waals surface area contributed by atoms with E-state index in [1.807, 2.05) is 0 Å². The standard InChI is InChI=1S/C14H16ClN5O9S2.Na/c1-6(21)29-4-8-11(13(24)20(8)31(25,26)27)18-12(23)10(19-28-2)7-5-30-14(16-7)17-9(22)3-15;/h5,8,11H,3-4H2,1-2H3,(H,18,23)(H,16,17,22)(H,25,26,27);/q;+1/p-1/t8-,11+;/m1./s1. The molecule has 2 N–H and O–H groups in total. The van der Waals surface area contributed by atoms with Gasteiger partial charge in [-0.1, -0.05) is 5.16 Å². The number of alkyl halides is 1. The van der Waals surface area contributed by atoms with Crippen molar-refractivity contribution >= 4 is 67.8 Å². The summed E-state index contributed by atoms with van der Waals surface area (Å²) in [6.07, 6.45) is 0. The molecule has 2 heterocycles.